The van der Waals surface area contributed by atoms with Gasteiger partial charge in [0.05, 0.1) is 12.3 Å². The maximum absolute atomic E-state index is 11.7. The van der Waals surface area contributed by atoms with Crippen LogP contribution in [0.5, 0.6) is 0 Å². The number of nitrogens with zero attached hydrogens (tertiary/aromatic N) is 3. The number of carbonyl (C=O) groups excluding carboxylic acids is 1. The third-order valence-electron chi connectivity index (χ3n) is 2.88. The van der Waals surface area contributed by atoms with Gasteiger partial charge < -0.3 is 15.2 Å². The fraction of sp³-hybridized carbons (Fsp3) is 0.455. The van der Waals surface area contributed by atoms with E-state index in [-0.39, 0.29) is 23.7 Å². The topological polar surface area (TPSA) is 121 Å². The molecule has 0 atom stereocenters. The number of hydrogen-bond donors (Lipinski definition) is 3. The van der Waals surface area contributed by atoms with Crippen molar-refractivity contribution < 1.29 is 19.9 Å². The molecule has 0 aliphatic heterocycles. The minimum absolute atomic E-state index is 0.142. The minimum Gasteiger partial charge on any atom is -0.461 e. The van der Waals surface area contributed by atoms with E-state index in [4.69, 9.17) is 15.4 Å². The fourth-order valence-electron chi connectivity index (χ4n) is 2.00. The van der Waals surface area contributed by atoms with Crippen LogP contribution >= 0.6 is 0 Å². The van der Waals surface area contributed by atoms with E-state index in [1.807, 2.05) is 0 Å². The smallest absolute Gasteiger partial charge is 0.360 e. The van der Waals surface area contributed by atoms with E-state index in [2.05, 4.69) is 10.1 Å². The van der Waals surface area contributed by atoms with Gasteiger partial charge >= 0.3 is 5.97 Å². The average molecular weight is 266 g/mol. The predicted octanol–water partition coefficient (Wildman–Crippen LogP) is 0.291. The number of esters is 1. The molecule has 1 aromatic heterocycles. The molecule has 8 nitrogen and oxygen atoms in total. The van der Waals surface area contributed by atoms with Crippen LogP contribution < -0.4 is 5.49 Å². The van der Waals surface area contributed by atoms with E-state index in [0.717, 1.165) is 0 Å². The molecule has 0 radical (unpaired) electrons. The summed E-state index contributed by atoms with van der Waals surface area (Å²) in [7, 11) is 0. The van der Waals surface area contributed by atoms with Crippen molar-refractivity contribution in [3.05, 3.63) is 22.6 Å². The number of rotatable bonds is 2. The number of hydrogen-bond acceptors (Lipinski definition) is 7. The number of aromatic nitrogens is 2. The molecule has 1 aromatic rings. The number of nitrogens with one attached hydrogen (secondary N) is 1. The largest absolute Gasteiger partial charge is 0.461 e. The van der Waals surface area contributed by atoms with Crippen LogP contribution in [0.3, 0.4) is 0 Å². The van der Waals surface area contributed by atoms with Gasteiger partial charge in [-0.3, -0.25) is 5.41 Å². The molecule has 0 aromatic carbocycles. The number of oxime groups is 1. The summed E-state index contributed by atoms with van der Waals surface area (Å²) in [4.78, 5) is 15.7. The van der Waals surface area contributed by atoms with Crippen molar-refractivity contribution in [2.75, 3.05) is 6.61 Å². The van der Waals surface area contributed by atoms with Gasteiger partial charge in [-0.25, -0.2) is 9.78 Å². The third-order valence-corrected chi connectivity index (χ3v) is 2.88. The number of fused-ring (bicyclic) bond motifs is 1. The van der Waals surface area contributed by atoms with Gasteiger partial charge in [-0.05, 0) is 26.2 Å². The van der Waals surface area contributed by atoms with Crippen molar-refractivity contribution in [1.29, 1.82) is 5.41 Å². The van der Waals surface area contributed by atoms with Gasteiger partial charge in [0.1, 0.15) is 11.4 Å². The lowest BCUT2D eigenvalue weighted by molar-refractivity contribution is 0.0506. The summed E-state index contributed by atoms with van der Waals surface area (Å²) in [6, 6.07) is 0. The molecular weight excluding hydrogens is 252 g/mol. The Balaban J connectivity index is 2.63. The van der Waals surface area contributed by atoms with E-state index in [1.54, 1.807) is 6.92 Å². The summed E-state index contributed by atoms with van der Waals surface area (Å²) >= 11 is 0. The molecule has 1 aliphatic carbocycles. The van der Waals surface area contributed by atoms with Crippen LogP contribution in [0.15, 0.2) is 5.16 Å². The van der Waals surface area contributed by atoms with E-state index in [9.17, 15) is 10.0 Å². The van der Waals surface area contributed by atoms with Crippen LogP contribution in [0.1, 0.15) is 41.6 Å². The first kappa shape index (κ1) is 13.1. The molecule has 2 rings (SSSR count). The molecule has 0 amide bonds. The fourth-order valence-corrected chi connectivity index (χ4v) is 2.00. The highest BCUT2D eigenvalue weighted by atomic mass is 16.5. The zero-order valence-corrected chi connectivity index (χ0v) is 10.4. The van der Waals surface area contributed by atoms with Gasteiger partial charge in [-0.1, -0.05) is 5.16 Å². The molecule has 3 N–H and O–H groups in total. The van der Waals surface area contributed by atoms with Crippen LogP contribution in [0, 0.1) is 5.41 Å². The maximum Gasteiger partial charge on any atom is 0.360 e. The predicted molar refractivity (Wildman–Crippen MR) is 62.5 cm³/mol. The molecule has 19 heavy (non-hydrogen) atoms. The number of ether oxygens (including phenoxy) is 1. The van der Waals surface area contributed by atoms with Gasteiger partial charge in [-0.15, -0.1) is 0 Å². The summed E-state index contributed by atoms with van der Waals surface area (Å²) in [5.41, 5.74) is 0.143. The Morgan fingerprint density at radius 1 is 1.58 bits per heavy atom. The van der Waals surface area contributed by atoms with Gasteiger partial charge in [0.15, 0.2) is 11.2 Å². The van der Waals surface area contributed by atoms with Gasteiger partial charge in [-0.2, -0.15) is 4.73 Å². The minimum atomic E-state index is -0.791. The van der Waals surface area contributed by atoms with Crippen molar-refractivity contribution in [2.24, 2.45) is 5.16 Å². The quantitative estimate of drug-likeness (QED) is 0.307. The summed E-state index contributed by atoms with van der Waals surface area (Å²) in [6.07, 6.45) is 1.66. The van der Waals surface area contributed by atoms with Crippen molar-refractivity contribution in [3.63, 3.8) is 0 Å². The highest BCUT2D eigenvalue weighted by Gasteiger charge is 2.25. The molecule has 0 unspecified atom stereocenters. The van der Waals surface area contributed by atoms with E-state index < -0.39 is 11.5 Å². The molecule has 0 fully saturated rings. The Morgan fingerprint density at radius 3 is 2.95 bits per heavy atom. The first-order chi connectivity index (χ1) is 9.10. The standard InChI is InChI=1S/C11H14N4O4/c1-2-19-11(16)9-10(12)15(18)7-5-3-4-6(14-17)8(7)13-9/h12,17-18H,2-5H2,1H3/b12-10?,14-6+. The first-order valence-corrected chi connectivity index (χ1v) is 5.88. The van der Waals surface area contributed by atoms with E-state index in [0.29, 0.717) is 29.7 Å². The Labute approximate surface area is 108 Å². The van der Waals surface area contributed by atoms with Crippen LogP contribution in [0.4, 0.5) is 0 Å². The Bertz CT molecular complexity index is 605. The Morgan fingerprint density at radius 2 is 2.32 bits per heavy atom. The highest BCUT2D eigenvalue weighted by molar-refractivity contribution is 6.01. The zero-order valence-electron chi connectivity index (χ0n) is 10.4. The lowest BCUT2D eigenvalue weighted by Crippen LogP contribution is -2.34. The monoisotopic (exact) mass is 266 g/mol. The van der Waals surface area contributed by atoms with Crippen LogP contribution in [0.2, 0.25) is 0 Å². The SMILES string of the molecule is CCOC(=O)c1nc2c(n(O)c1=N)CCC/C2=N\O. The van der Waals surface area contributed by atoms with Gasteiger partial charge in [0.2, 0.25) is 0 Å². The highest BCUT2D eigenvalue weighted by Crippen LogP contribution is 2.18. The molecule has 0 saturated carbocycles. The molecule has 0 saturated heterocycles. The second-order valence-electron chi connectivity index (χ2n) is 4.04. The Hall–Kier alpha value is -2.38. The summed E-state index contributed by atoms with van der Waals surface area (Å²) in [5, 5.41) is 29.7. The van der Waals surface area contributed by atoms with Crippen molar-refractivity contribution >= 4 is 11.7 Å². The second kappa shape index (κ2) is 5.09. The van der Waals surface area contributed by atoms with Gasteiger partial charge in [0.25, 0.3) is 0 Å². The van der Waals surface area contributed by atoms with Crippen LogP contribution in [-0.2, 0) is 11.2 Å². The second-order valence-corrected chi connectivity index (χ2v) is 4.04. The molecule has 102 valence electrons. The molecule has 8 heteroatoms. The number of carbonyl (C=O) groups is 1. The van der Waals surface area contributed by atoms with Crippen molar-refractivity contribution in [2.45, 2.75) is 26.2 Å². The average Bonchev–Trinajstić information content (AvgIpc) is 2.42. The normalized spacial score (nSPS) is 16.2. The molecule has 0 bridgehead atoms. The lowest BCUT2D eigenvalue weighted by Gasteiger charge is -2.18. The van der Waals surface area contributed by atoms with Gasteiger partial charge in [0, 0.05) is 0 Å². The third kappa shape index (κ3) is 2.16. The van der Waals surface area contributed by atoms with Crippen molar-refractivity contribution in [3.8, 4) is 0 Å². The Kier molecular flexibility index (Phi) is 3.50. The summed E-state index contributed by atoms with van der Waals surface area (Å²) in [6.45, 7) is 1.77. The van der Waals surface area contributed by atoms with Crippen LogP contribution in [0.25, 0.3) is 0 Å². The summed E-state index contributed by atoms with van der Waals surface area (Å²) < 4.78 is 5.37. The lowest BCUT2D eigenvalue weighted by atomic mass is 9.98. The van der Waals surface area contributed by atoms with E-state index in [1.165, 1.54) is 0 Å². The molecular formula is C11H14N4O4. The van der Waals surface area contributed by atoms with Crippen LogP contribution in [-0.4, -0.2) is 38.4 Å². The molecule has 1 heterocycles. The molecule has 0 spiro atoms. The maximum atomic E-state index is 11.7. The first-order valence-electron chi connectivity index (χ1n) is 5.88. The molecule has 1 aliphatic rings. The zero-order chi connectivity index (χ0) is 14.0. The van der Waals surface area contributed by atoms with E-state index >= 15 is 0 Å². The summed E-state index contributed by atoms with van der Waals surface area (Å²) in [5.74, 6) is -0.791. The van der Waals surface area contributed by atoms with Crippen molar-refractivity contribution in [1.82, 2.24) is 9.71 Å².